The zero-order valence-corrected chi connectivity index (χ0v) is 9.07. The second-order valence-electron chi connectivity index (χ2n) is 3.71. The lowest BCUT2D eigenvalue weighted by Gasteiger charge is -2.23. The molecule has 1 aromatic carbocycles. The Hall–Kier alpha value is -1.98. The topological polar surface area (TPSA) is 76.0 Å². The molecule has 17 heavy (non-hydrogen) atoms. The molecule has 1 aliphatic rings. The molecule has 0 aliphatic carbocycles. The van der Waals surface area contributed by atoms with Crippen LogP contribution in [0.25, 0.3) is 0 Å². The molecule has 92 valence electrons. The first-order chi connectivity index (χ1) is 8.02. The van der Waals surface area contributed by atoms with Gasteiger partial charge in [0.15, 0.2) is 23.1 Å². The highest BCUT2D eigenvalue weighted by molar-refractivity contribution is 5.78. The summed E-state index contributed by atoms with van der Waals surface area (Å²) in [4.78, 5) is 10.9. The van der Waals surface area contributed by atoms with Gasteiger partial charge in [0.05, 0.1) is 11.5 Å². The zero-order valence-electron chi connectivity index (χ0n) is 9.07. The fourth-order valence-electron chi connectivity index (χ4n) is 1.69. The van der Waals surface area contributed by atoms with Crippen LogP contribution in [0.5, 0.6) is 17.2 Å². The van der Waals surface area contributed by atoms with Crippen LogP contribution in [-0.4, -0.2) is 29.4 Å². The lowest BCUT2D eigenvalue weighted by Crippen LogP contribution is -2.19. The summed E-state index contributed by atoms with van der Waals surface area (Å²) in [5.74, 6) is -3.73. The van der Waals surface area contributed by atoms with Gasteiger partial charge in [-0.25, -0.2) is 4.39 Å². The van der Waals surface area contributed by atoms with E-state index in [0.717, 1.165) is 6.07 Å². The Morgan fingerprint density at radius 2 is 2.12 bits per heavy atom. The average molecular weight is 242 g/mol. The molecule has 0 radical (unpaired) electrons. The fourth-order valence-corrected chi connectivity index (χ4v) is 1.69. The molecule has 1 aliphatic heterocycles. The third-order valence-corrected chi connectivity index (χ3v) is 2.59. The van der Waals surface area contributed by atoms with E-state index in [2.05, 4.69) is 0 Å². The highest BCUT2D eigenvalue weighted by Crippen LogP contribution is 2.43. The molecule has 0 saturated heterocycles. The van der Waals surface area contributed by atoms with Crippen LogP contribution in [0.3, 0.4) is 0 Å². The normalized spacial score (nSPS) is 15.4. The van der Waals surface area contributed by atoms with Crippen molar-refractivity contribution in [2.45, 2.75) is 12.8 Å². The van der Waals surface area contributed by atoms with Crippen LogP contribution in [-0.2, 0) is 4.79 Å². The number of benzene rings is 1. The van der Waals surface area contributed by atoms with Crippen molar-refractivity contribution in [1.29, 1.82) is 0 Å². The van der Waals surface area contributed by atoms with Crippen LogP contribution >= 0.6 is 0 Å². The average Bonchev–Trinajstić information content (AvgIpc) is 2.30. The molecule has 0 amide bonds. The molecule has 6 heteroatoms. The number of aromatic hydroxyl groups is 1. The molecule has 2 N–H and O–H groups in total. The van der Waals surface area contributed by atoms with Crippen LogP contribution in [0.2, 0.25) is 0 Å². The first-order valence-electron chi connectivity index (χ1n) is 5.06. The van der Waals surface area contributed by atoms with Crippen LogP contribution < -0.4 is 9.47 Å². The van der Waals surface area contributed by atoms with Gasteiger partial charge < -0.3 is 19.7 Å². The van der Waals surface area contributed by atoms with Gasteiger partial charge in [-0.3, -0.25) is 4.79 Å². The number of hydrogen-bond acceptors (Lipinski definition) is 4. The van der Waals surface area contributed by atoms with E-state index in [-0.39, 0.29) is 30.3 Å². The minimum Gasteiger partial charge on any atom is -0.505 e. The Balaban J connectivity index is 2.62. The minimum atomic E-state index is -1.20. The van der Waals surface area contributed by atoms with Crippen LogP contribution in [0.4, 0.5) is 4.39 Å². The SMILES string of the molecule is CC(C(=O)O)c1c(F)c(O)cc2c1OCCO2. The first-order valence-corrected chi connectivity index (χ1v) is 5.06. The van der Waals surface area contributed by atoms with Gasteiger partial charge in [0.25, 0.3) is 0 Å². The molecule has 1 aromatic rings. The van der Waals surface area contributed by atoms with Crippen molar-refractivity contribution in [2.24, 2.45) is 0 Å². The standard InChI is InChI=1S/C11H11FO5/c1-5(11(14)15)8-9(12)6(13)4-7-10(8)17-3-2-16-7/h4-5,13H,2-3H2,1H3,(H,14,15). The number of carboxylic acid groups (broad SMARTS) is 1. The fraction of sp³-hybridized carbons (Fsp3) is 0.364. The van der Waals surface area contributed by atoms with Gasteiger partial charge in [-0.15, -0.1) is 0 Å². The molecule has 0 aromatic heterocycles. The van der Waals surface area contributed by atoms with Crippen molar-refractivity contribution < 1.29 is 28.9 Å². The van der Waals surface area contributed by atoms with Crippen LogP contribution in [0.15, 0.2) is 6.07 Å². The van der Waals surface area contributed by atoms with Gasteiger partial charge in [0.1, 0.15) is 13.2 Å². The highest BCUT2D eigenvalue weighted by atomic mass is 19.1. The number of phenolic OH excluding ortho intramolecular Hbond substituents is 1. The number of rotatable bonds is 2. The maximum absolute atomic E-state index is 13.8. The predicted molar refractivity (Wildman–Crippen MR) is 55.1 cm³/mol. The van der Waals surface area contributed by atoms with Gasteiger partial charge in [-0.1, -0.05) is 0 Å². The molecule has 0 bridgehead atoms. The number of aliphatic carboxylic acids is 1. The van der Waals surface area contributed by atoms with Crippen LogP contribution in [0.1, 0.15) is 18.4 Å². The molecule has 5 nitrogen and oxygen atoms in total. The zero-order chi connectivity index (χ0) is 12.6. The minimum absolute atomic E-state index is 0.0569. The molecule has 1 atom stereocenters. The number of fused-ring (bicyclic) bond motifs is 1. The van der Waals surface area contributed by atoms with Gasteiger partial charge >= 0.3 is 5.97 Å². The van der Waals surface area contributed by atoms with Gasteiger partial charge in [-0.2, -0.15) is 0 Å². The van der Waals surface area contributed by atoms with Crippen molar-refractivity contribution in [3.05, 3.63) is 17.4 Å². The van der Waals surface area contributed by atoms with E-state index in [4.69, 9.17) is 14.6 Å². The molecular formula is C11H11FO5. The summed E-state index contributed by atoms with van der Waals surface area (Å²) in [5, 5.41) is 18.3. The van der Waals surface area contributed by atoms with Gasteiger partial charge in [0.2, 0.25) is 0 Å². The maximum atomic E-state index is 13.8. The van der Waals surface area contributed by atoms with Crippen molar-refractivity contribution in [2.75, 3.05) is 13.2 Å². The summed E-state index contributed by atoms with van der Waals surface area (Å²) in [7, 11) is 0. The van der Waals surface area contributed by atoms with E-state index in [1.807, 2.05) is 0 Å². The number of carbonyl (C=O) groups is 1. The second-order valence-corrected chi connectivity index (χ2v) is 3.71. The molecule has 1 heterocycles. The van der Waals surface area contributed by atoms with Crippen molar-refractivity contribution >= 4 is 5.97 Å². The van der Waals surface area contributed by atoms with E-state index >= 15 is 0 Å². The lowest BCUT2D eigenvalue weighted by molar-refractivity contribution is -0.138. The number of hydrogen-bond donors (Lipinski definition) is 2. The summed E-state index contributed by atoms with van der Waals surface area (Å²) in [6, 6.07) is 1.09. The number of halogens is 1. The summed E-state index contributed by atoms with van der Waals surface area (Å²) >= 11 is 0. The van der Waals surface area contributed by atoms with E-state index < -0.39 is 23.5 Å². The monoisotopic (exact) mass is 242 g/mol. The molecule has 0 fully saturated rings. The number of carboxylic acids is 1. The predicted octanol–water partition coefficient (Wildman–Crippen LogP) is 1.49. The Bertz CT molecular complexity index is 471. The summed E-state index contributed by atoms with van der Waals surface area (Å²) < 4.78 is 24.2. The third kappa shape index (κ3) is 1.86. The third-order valence-electron chi connectivity index (χ3n) is 2.59. The summed E-state index contributed by atoms with van der Waals surface area (Å²) in [5.41, 5.74) is -0.188. The van der Waals surface area contributed by atoms with E-state index in [9.17, 15) is 14.3 Å². The quantitative estimate of drug-likeness (QED) is 0.821. The Morgan fingerprint density at radius 3 is 2.76 bits per heavy atom. The van der Waals surface area contributed by atoms with Crippen LogP contribution in [0, 0.1) is 5.82 Å². The summed E-state index contributed by atoms with van der Waals surface area (Å²) in [6.07, 6.45) is 0. The first kappa shape index (κ1) is 11.5. The Kier molecular flexibility index (Phi) is 2.79. The number of ether oxygens (including phenoxy) is 2. The largest absolute Gasteiger partial charge is 0.505 e. The Morgan fingerprint density at radius 1 is 1.47 bits per heavy atom. The van der Waals surface area contributed by atoms with Gasteiger partial charge in [0, 0.05) is 6.07 Å². The summed E-state index contributed by atoms with van der Waals surface area (Å²) in [6.45, 7) is 1.81. The molecule has 0 spiro atoms. The Labute approximate surface area is 96.4 Å². The van der Waals surface area contributed by atoms with Gasteiger partial charge in [-0.05, 0) is 6.92 Å². The lowest BCUT2D eigenvalue weighted by atomic mass is 9.98. The molecule has 0 saturated carbocycles. The smallest absolute Gasteiger partial charge is 0.310 e. The van der Waals surface area contributed by atoms with E-state index in [1.165, 1.54) is 6.92 Å². The van der Waals surface area contributed by atoms with Crippen molar-refractivity contribution in [1.82, 2.24) is 0 Å². The van der Waals surface area contributed by atoms with Crippen molar-refractivity contribution in [3.63, 3.8) is 0 Å². The maximum Gasteiger partial charge on any atom is 0.310 e. The molecule has 1 unspecified atom stereocenters. The van der Waals surface area contributed by atoms with E-state index in [0.29, 0.717) is 0 Å². The van der Waals surface area contributed by atoms with Crippen molar-refractivity contribution in [3.8, 4) is 17.2 Å². The highest BCUT2D eigenvalue weighted by Gasteiger charge is 2.29. The van der Waals surface area contributed by atoms with E-state index in [1.54, 1.807) is 0 Å². The second kappa shape index (κ2) is 4.12. The molecule has 2 rings (SSSR count). The molecular weight excluding hydrogens is 231 g/mol. The number of phenols is 1.